The predicted molar refractivity (Wildman–Crippen MR) is 137 cm³/mol. The topological polar surface area (TPSA) is 131 Å². The van der Waals surface area contributed by atoms with E-state index in [0.717, 1.165) is 24.3 Å². The third-order valence-corrected chi connectivity index (χ3v) is 11.7. The van der Waals surface area contributed by atoms with Gasteiger partial charge < -0.3 is 20.9 Å². The van der Waals surface area contributed by atoms with Crippen LogP contribution in [0.2, 0.25) is 0 Å². The van der Waals surface area contributed by atoms with E-state index in [9.17, 15) is 37.6 Å². The molecule has 3 N–H and O–H groups in total. The van der Waals surface area contributed by atoms with Crippen molar-refractivity contribution in [1.82, 2.24) is 20.9 Å². The monoisotopic (exact) mass is 561 g/mol. The molecule has 0 bridgehead atoms. The Bertz CT molecular complexity index is 1010. The van der Waals surface area contributed by atoms with Crippen LogP contribution < -0.4 is 16.0 Å². The molecule has 3 aliphatic heterocycles. The Morgan fingerprint density at radius 3 is 2.26 bits per heavy atom. The zero-order valence-corrected chi connectivity index (χ0v) is 23.4. The van der Waals surface area contributed by atoms with Crippen LogP contribution >= 0.6 is 10.0 Å². The van der Waals surface area contributed by atoms with Gasteiger partial charge >= 0.3 is 12.1 Å². The molecule has 1 spiro atoms. The van der Waals surface area contributed by atoms with Crippen molar-refractivity contribution in [2.45, 2.75) is 90.1 Å². The molecule has 0 aromatic heterocycles. The maximum atomic E-state index is 13.7. The molecular formula is C25H38F3N5O4S. The number of nitriles is 1. The van der Waals surface area contributed by atoms with Crippen molar-refractivity contribution in [2.75, 3.05) is 23.1 Å². The molecule has 0 aromatic carbocycles. The minimum absolute atomic E-state index is 0.114. The van der Waals surface area contributed by atoms with Crippen LogP contribution in [0.5, 0.6) is 0 Å². The van der Waals surface area contributed by atoms with E-state index in [-0.39, 0.29) is 18.2 Å². The van der Waals surface area contributed by atoms with Crippen LogP contribution in [0.25, 0.3) is 0 Å². The second-order valence-electron chi connectivity index (χ2n) is 12.4. The number of alkyl halides is 3. The van der Waals surface area contributed by atoms with Gasteiger partial charge in [-0.15, -0.1) is 0 Å². The van der Waals surface area contributed by atoms with E-state index in [2.05, 4.69) is 10.6 Å². The van der Waals surface area contributed by atoms with Crippen LogP contribution in [0.1, 0.15) is 60.3 Å². The lowest BCUT2D eigenvalue weighted by molar-refractivity contribution is -0.176. The zero-order chi connectivity index (χ0) is 28.7. The van der Waals surface area contributed by atoms with Crippen molar-refractivity contribution in [3.8, 4) is 6.07 Å². The molecule has 3 unspecified atom stereocenters. The Balaban J connectivity index is 1.82. The summed E-state index contributed by atoms with van der Waals surface area (Å²) in [5, 5.41) is 17.1. The van der Waals surface area contributed by atoms with Gasteiger partial charge in [-0.2, -0.15) is 18.4 Å². The summed E-state index contributed by atoms with van der Waals surface area (Å²) in [5.41, 5.74) is -1.47. The van der Waals surface area contributed by atoms with E-state index < -0.39 is 68.9 Å². The van der Waals surface area contributed by atoms with Crippen molar-refractivity contribution in [1.29, 1.82) is 5.26 Å². The summed E-state index contributed by atoms with van der Waals surface area (Å²) in [6, 6.07) is -1.40. The summed E-state index contributed by atoms with van der Waals surface area (Å²) < 4.78 is 39.2. The second kappa shape index (κ2) is 10.6. The molecule has 3 fully saturated rings. The fourth-order valence-electron chi connectivity index (χ4n) is 5.62. The first-order chi connectivity index (χ1) is 17.4. The Labute approximate surface area is 222 Å². The number of hydrogen-bond acceptors (Lipinski definition) is 5. The molecule has 3 aliphatic rings. The van der Waals surface area contributed by atoms with E-state index in [1.807, 2.05) is 25.2 Å². The number of carbonyl (C=O) groups excluding carboxylic acids is 4. The molecule has 0 aromatic rings. The molecule has 0 saturated carbocycles. The van der Waals surface area contributed by atoms with Crippen LogP contribution in [-0.2, 0) is 19.2 Å². The van der Waals surface area contributed by atoms with Crippen molar-refractivity contribution < 1.29 is 32.3 Å². The maximum absolute atomic E-state index is 13.7. The van der Waals surface area contributed by atoms with Gasteiger partial charge in [-0.1, -0.05) is 20.8 Å². The first kappa shape index (κ1) is 30.1. The Morgan fingerprint density at radius 1 is 1.18 bits per heavy atom. The van der Waals surface area contributed by atoms with Crippen LogP contribution in [-0.4, -0.2) is 81.5 Å². The van der Waals surface area contributed by atoms with Gasteiger partial charge in [0.15, 0.2) is 0 Å². The highest BCUT2D eigenvalue weighted by Gasteiger charge is 2.51. The Hall–Kier alpha value is -2.49. The van der Waals surface area contributed by atoms with Crippen LogP contribution in [0.4, 0.5) is 13.2 Å². The summed E-state index contributed by atoms with van der Waals surface area (Å²) in [5.74, 6) is -1.76. The highest BCUT2D eigenvalue weighted by atomic mass is 32.3. The molecule has 3 rings (SSSR count). The van der Waals surface area contributed by atoms with Gasteiger partial charge in [0.25, 0.3) is 0 Å². The van der Waals surface area contributed by atoms with E-state index in [0.29, 0.717) is 12.2 Å². The highest BCUT2D eigenvalue weighted by molar-refractivity contribution is 8.34. The van der Waals surface area contributed by atoms with Crippen LogP contribution in [0.15, 0.2) is 0 Å². The van der Waals surface area contributed by atoms with E-state index in [1.165, 1.54) is 4.90 Å². The number of rotatable bonds is 6. The summed E-state index contributed by atoms with van der Waals surface area (Å²) in [4.78, 5) is 52.6. The molecule has 3 saturated heterocycles. The number of nitrogens with one attached hydrogen (secondary N) is 3. The molecule has 38 heavy (non-hydrogen) atoms. The lowest BCUT2D eigenvalue weighted by Gasteiger charge is -2.36. The summed E-state index contributed by atoms with van der Waals surface area (Å²) in [6.07, 6.45) is -2.64. The average Bonchev–Trinajstić information content (AvgIpc) is 3.47. The third kappa shape index (κ3) is 6.74. The minimum Gasteiger partial charge on any atom is -0.351 e. The van der Waals surface area contributed by atoms with Gasteiger partial charge in [0.2, 0.25) is 17.7 Å². The van der Waals surface area contributed by atoms with E-state index in [1.54, 1.807) is 20.8 Å². The fraction of sp³-hybridized carbons (Fsp3) is 0.800. The Morgan fingerprint density at radius 2 is 1.79 bits per heavy atom. The number of hydrogen-bond donors (Lipinski definition) is 3. The summed E-state index contributed by atoms with van der Waals surface area (Å²) in [6.45, 7) is 8.40. The van der Waals surface area contributed by atoms with Gasteiger partial charge in [0.05, 0.1) is 11.9 Å². The standard InChI is InChI=1S/C25H38F3N5O4S/c1-23(2,3)18(31-22(37)25(26,27)28)21(36)33-14-38(8-6-7-9-38)13-17(33)20(35)30-16(12-29)10-15-11-24(4,5)32-19(15)34/h15-18H,6-11,13-14H2,1-5H3,(H,30,35)(H,31,37)(H,32,34)/t15?,16?,17?,18-/m1/s1. The lowest BCUT2D eigenvalue weighted by atomic mass is 9.85. The van der Waals surface area contributed by atoms with E-state index >= 15 is 0 Å². The largest absolute Gasteiger partial charge is 0.471 e. The molecular weight excluding hydrogens is 523 g/mol. The average molecular weight is 562 g/mol. The predicted octanol–water partition coefficient (Wildman–Crippen LogP) is 2.16. The zero-order valence-electron chi connectivity index (χ0n) is 22.5. The smallest absolute Gasteiger partial charge is 0.351 e. The van der Waals surface area contributed by atoms with Crippen molar-refractivity contribution >= 4 is 33.7 Å². The summed E-state index contributed by atoms with van der Waals surface area (Å²) in [7, 11) is -1.38. The minimum atomic E-state index is -5.16. The van der Waals surface area contributed by atoms with Crippen molar-refractivity contribution in [3.63, 3.8) is 0 Å². The van der Waals surface area contributed by atoms with Crippen molar-refractivity contribution in [3.05, 3.63) is 0 Å². The first-order valence-corrected chi connectivity index (χ1v) is 15.1. The number of carbonyl (C=O) groups is 4. The van der Waals surface area contributed by atoms with Crippen LogP contribution in [0.3, 0.4) is 0 Å². The summed E-state index contributed by atoms with van der Waals surface area (Å²) >= 11 is 0. The maximum Gasteiger partial charge on any atom is 0.471 e. The quantitative estimate of drug-likeness (QED) is 0.458. The molecule has 0 aliphatic carbocycles. The fourth-order valence-corrected chi connectivity index (χ4v) is 10.1. The van der Waals surface area contributed by atoms with Gasteiger partial charge in [0, 0.05) is 17.2 Å². The van der Waals surface area contributed by atoms with Gasteiger partial charge in [-0.25, -0.2) is 10.0 Å². The van der Waals surface area contributed by atoms with Crippen LogP contribution in [0, 0.1) is 22.7 Å². The lowest BCUT2D eigenvalue weighted by Crippen LogP contribution is -2.60. The number of amides is 4. The van der Waals surface area contributed by atoms with Crippen molar-refractivity contribution in [2.24, 2.45) is 11.3 Å². The van der Waals surface area contributed by atoms with E-state index in [4.69, 9.17) is 0 Å². The first-order valence-electron chi connectivity index (χ1n) is 12.8. The number of halogens is 3. The van der Waals surface area contributed by atoms with Gasteiger partial charge in [0.1, 0.15) is 18.1 Å². The number of nitrogens with zero attached hydrogens (tertiary/aromatic N) is 2. The highest BCUT2D eigenvalue weighted by Crippen LogP contribution is 2.59. The third-order valence-electron chi connectivity index (χ3n) is 7.52. The molecule has 0 radical (unpaired) electrons. The van der Waals surface area contributed by atoms with Gasteiger partial charge in [-0.05, 0) is 56.5 Å². The second-order valence-corrected chi connectivity index (χ2v) is 16.3. The molecule has 4 amide bonds. The molecule has 214 valence electrons. The molecule has 9 nitrogen and oxygen atoms in total. The Kier molecular flexibility index (Phi) is 8.37. The SMILES string of the molecule is CC1(C)CC(CC(C#N)NC(=O)C2CS3(CCCC3)CN2C(=O)[C@@H](NC(=O)C(F)(F)F)C(C)(C)C)C(=O)N1. The van der Waals surface area contributed by atoms with Gasteiger partial charge in [-0.3, -0.25) is 19.2 Å². The molecule has 13 heteroatoms. The molecule has 4 atom stereocenters. The molecule has 3 heterocycles. The normalized spacial score (nSPS) is 26.8.